The van der Waals surface area contributed by atoms with Crippen molar-refractivity contribution >= 4 is 23.6 Å². The highest BCUT2D eigenvalue weighted by molar-refractivity contribution is 7.99. The third-order valence-corrected chi connectivity index (χ3v) is 3.86. The number of aliphatic carboxylic acids is 1. The molecule has 0 aliphatic carbocycles. The van der Waals surface area contributed by atoms with Crippen LogP contribution in [0, 0.1) is 0 Å². The third-order valence-electron chi connectivity index (χ3n) is 2.80. The van der Waals surface area contributed by atoms with Gasteiger partial charge in [-0.15, -0.1) is 0 Å². The number of thioether (sulfide) groups is 1. The van der Waals surface area contributed by atoms with E-state index in [0.717, 1.165) is 6.42 Å². The van der Waals surface area contributed by atoms with Crippen molar-refractivity contribution < 1.29 is 14.7 Å². The van der Waals surface area contributed by atoms with Crippen LogP contribution in [0.25, 0.3) is 0 Å². The summed E-state index contributed by atoms with van der Waals surface area (Å²) in [7, 11) is 0. The minimum absolute atomic E-state index is 0.00560. The molecule has 2 aliphatic heterocycles. The largest absolute Gasteiger partial charge is 0.480 e. The normalized spacial score (nSPS) is 37.2. The van der Waals surface area contributed by atoms with Crippen LogP contribution in [0.1, 0.15) is 12.8 Å². The van der Waals surface area contributed by atoms with Crippen LogP contribution < -0.4 is 0 Å². The first-order valence-electron chi connectivity index (χ1n) is 4.22. The quantitative estimate of drug-likeness (QED) is 0.647. The predicted molar refractivity (Wildman–Crippen MR) is 48.6 cm³/mol. The molecule has 0 saturated carbocycles. The molecule has 2 aliphatic rings. The zero-order valence-electron chi connectivity index (χ0n) is 7.27. The van der Waals surface area contributed by atoms with Crippen LogP contribution in [0.5, 0.6) is 0 Å². The fourth-order valence-corrected chi connectivity index (χ4v) is 3.07. The molecule has 72 valence electrons. The zero-order chi connectivity index (χ0) is 9.59. The van der Waals surface area contributed by atoms with Crippen molar-refractivity contribution in [2.75, 3.05) is 6.26 Å². The van der Waals surface area contributed by atoms with Crippen molar-refractivity contribution in [1.82, 2.24) is 4.90 Å². The molecule has 13 heavy (non-hydrogen) atoms. The first-order chi connectivity index (χ1) is 6.15. The summed E-state index contributed by atoms with van der Waals surface area (Å²) in [6, 6.07) is -0.382. The van der Waals surface area contributed by atoms with Crippen LogP contribution in [0.2, 0.25) is 0 Å². The van der Waals surface area contributed by atoms with Crippen LogP contribution >= 0.6 is 11.8 Å². The van der Waals surface area contributed by atoms with Crippen molar-refractivity contribution in [3.05, 3.63) is 0 Å². The van der Waals surface area contributed by atoms with Gasteiger partial charge in [0, 0.05) is 17.7 Å². The van der Waals surface area contributed by atoms with Crippen LogP contribution in [0.15, 0.2) is 0 Å². The molecule has 2 saturated heterocycles. The van der Waals surface area contributed by atoms with E-state index in [2.05, 4.69) is 0 Å². The molecule has 3 atom stereocenters. The van der Waals surface area contributed by atoms with Gasteiger partial charge in [-0.2, -0.15) is 11.8 Å². The lowest BCUT2D eigenvalue weighted by Gasteiger charge is -2.37. The van der Waals surface area contributed by atoms with Gasteiger partial charge in [-0.25, -0.2) is 4.79 Å². The molecule has 1 unspecified atom stereocenters. The van der Waals surface area contributed by atoms with Gasteiger partial charge in [0.2, 0.25) is 5.91 Å². The molecule has 0 aromatic heterocycles. The van der Waals surface area contributed by atoms with Gasteiger partial charge in [0.05, 0.1) is 0 Å². The molecular weight excluding hydrogens is 190 g/mol. The Morgan fingerprint density at radius 1 is 1.69 bits per heavy atom. The first kappa shape index (κ1) is 8.87. The van der Waals surface area contributed by atoms with Crippen LogP contribution in [-0.4, -0.2) is 45.5 Å². The molecule has 2 heterocycles. The fraction of sp³-hybridized carbons (Fsp3) is 0.750. The number of hydrogen-bond acceptors (Lipinski definition) is 3. The second-order valence-corrected chi connectivity index (χ2v) is 4.53. The van der Waals surface area contributed by atoms with Gasteiger partial charge in [0.25, 0.3) is 0 Å². The summed E-state index contributed by atoms with van der Waals surface area (Å²) in [5, 5.41) is 9.03. The zero-order valence-corrected chi connectivity index (χ0v) is 8.08. The topological polar surface area (TPSA) is 57.6 Å². The number of hydrogen-bond donors (Lipinski definition) is 1. The van der Waals surface area contributed by atoms with Gasteiger partial charge in [0.1, 0.15) is 6.04 Å². The van der Waals surface area contributed by atoms with E-state index < -0.39 is 12.0 Å². The standard InChI is InChI=1S/C8H11NO3S/c1-13-5-2-4-3-6(10)9(4)7(5)8(11)12/h4-5,7H,2-3H2,1H3,(H,11,12)/t4?,5-,7-/m1/s1. The molecule has 0 radical (unpaired) electrons. The average molecular weight is 201 g/mol. The Kier molecular flexibility index (Phi) is 1.98. The second-order valence-electron chi connectivity index (χ2n) is 3.45. The number of nitrogens with zero attached hydrogens (tertiary/aromatic N) is 1. The van der Waals surface area contributed by atoms with Gasteiger partial charge in [-0.3, -0.25) is 4.79 Å². The van der Waals surface area contributed by atoms with Crippen LogP contribution in [0.4, 0.5) is 0 Å². The third kappa shape index (κ3) is 1.14. The molecule has 2 fully saturated rings. The van der Waals surface area contributed by atoms with Gasteiger partial charge in [0.15, 0.2) is 0 Å². The minimum atomic E-state index is -0.866. The summed E-state index contributed by atoms with van der Waals surface area (Å²) in [5.74, 6) is -0.871. The predicted octanol–water partition coefficient (Wildman–Crippen LogP) is 0.176. The maximum Gasteiger partial charge on any atom is 0.327 e. The lowest BCUT2D eigenvalue weighted by Crippen LogP contribution is -2.55. The van der Waals surface area contributed by atoms with E-state index in [-0.39, 0.29) is 17.2 Å². The molecule has 0 spiro atoms. The number of rotatable bonds is 2. The average Bonchev–Trinajstić information content (AvgIpc) is 2.37. The Morgan fingerprint density at radius 3 is 2.85 bits per heavy atom. The minimum Gasteiger partial charge on any atom is -0.480 e. The summed E-state index contributed by atoms with van der Waals surface area (Å²) >= 11 is 1.54. The van der Waals surface area contributed by atoms with Crippen LogP contribution in [-0.2, 0) is 9.59 Å². The number of β-lactam (4-membered cyclic amide) rings is 1. The molecule has 1 amide bonds. The van der Waals surface area contributed by atoms with Crippen molar-refractivity contribution in [2.24, 2.45) is 0 Å². The Hall–Kier alpha value is -0.710. The van der Waals surface area contributed by atoms with Gasteiger partial charge >= 0.3 is 5.97 Å². The van der Waals surface area contributed by atoms with Crippen molar-refractivity contribution in [3.63, 3.8) is 0 Å². The molecule has 4 nitrogen and oxygen atoms in total. The fourth-order valence-electron chi connectivity index (χ4n) is 2.15. The molecule has 5 heteroatoms. The van der Waals surface area contributed by atoms with Crippen molar-refractivity contribution in [2.45, 2.75) is 30.2 Å². The number of carbonyl (C=O) groups is 2. The smallest absolute Gasteiger partial charge is 0.327 e. The first-order valence-corrected chi connectivity index (χ1v) is 5.50. The number of carboxylic acids is 1. The highest BCUT2D eigenvalue weighted by atomic mass is 32.2. The summed E-state index contributed by atoms with van der Waals surface area (Å²) < 4.78 is 0. The van der Waals surface area contributed by atoms with E-state index in [1.807, 2.05) is 6.26 Å². The maximum absolute atomic E-state index is 11.1. The molecular formula is C8H11NO3S. The highest BCUT2D eigenvalue weighted by Crippen LogP contribution is 2.39. The molecule has 0 bridgehead atoms. The summed E-state index contributed by atoms with van der Waals surface area (Å²) in [6.45, 7) is 0. The molecule has 0 aromatic rings. The Labute approximate surface area is 80.3 Å². The summed E-state index contributed by atoms with van der Waals surface area (Å²) in [4.78, 5) is 23.6. The Balaban J connectivity index is 2.19. The van der Waals surface area contributed by atoms with E-state index in [1.165, 1.54) is 4.90 Å². The number of carbonyl (C=O) groups excluding carboxylic acids is 1. The van der Waals surface area contributed by atoms with Crippen molar-refractivity contribution in [3.8, 4) is 0 Å². The van der Waals surface area contributed by atoms with E-state index in [0.29, 0.717) is 6.42 Å². The monoisotopic (exact) mass is 201 g/mol. The highest BCUT2D eigenvalue weighted by Gasteiger charge is 2.53. The van der Waals surface area contributed by atoms with E-state index in [9.17, 15) is 9.59 Å². The SMILES string of the molecule is CS[C@@H]1CC2CC(=O)N2[C@H]1C(=O)O. The number of carboxylic acid groups (broad SMARTS) is 1. The number of amides is 1. The summed E-state index contributed by atoms with van der Waals surface area (Å²) in [6.07, 6.45) is 3.28. The Morgan fingerprint density at radius 2 is 2.38 bits per heavy atom. The van der Waals surface area contributed by atoms with E-state index in [4.69, 9.17) is 5.11 Å². The molecule has 1 N–H and O–H groups in total. The number of fused-ring (bicyclic) bond motifs is 1. The molecule has 0 aromatic carbocycles. The molecule has 2 rings (SSSR count). The lowest BCUT2D eigenvalue weighted by molar-refractivity contribution is -0.156. The lowest BCUT2D eigenvalue weighted by atomic mass is 10.0. The summed E-state index contributed by atoms with van der Waals surface area (Å²) in [5.41, 5.74) is 0. The second kappa shape index (κ2) is 2.90. The van der Waals surface area contributed by atoms with E-state index in [1.54, 1.807) is 11.8 Å². The van der Waals surface area contributed by atoms with Gasteiger partial charge < -0.3 is 10.0 Å². The van der Waals surface area contributed by atoms with Crippen molar-refractivity contribution in [1.29, 1.82) is 0 Å². The maximum atomic E-state index is 11.1. The van der Waals surface area contributed by atoms with Gasteiger partial charge in [-0.1, -0.05) is 0 Å². The Bertz CT molecular complexity index is 268. The van der Waals surface area contributed by atoms with E-state index >= 15 is 0 Å². The van der Waals surface area contributed by atoms with Gasteiger partial charge in [-0.05, 0) is 12.7 Å². The van der Waals surface area contributed by atoms with Crippen LogP contribution in [0.3, 0.4) is 0 Å².